The molecule has 1 aliphatic rings. The number of nitrogens with one attached hydrogen (secondary N) is 1. The Morgan fingerprint density at radius 1 is 1.00 bits per heavy atom. The van der Waals surface area contributed by atoms with Crippen molar-refractivity contribution in [2.24, 2.45) is 5.73 Å². The fourth-order valence-electron chi connectivity index (χ4n) is 3.90. The van der Waals surface area contributed by atoms with E-state index in [9.17, 15) is 4.79 Å². The summed E-state index contributed by atoms with van der Waals surface area (Å²) < 4.78 is 10.2. The van der Waals surface area contributed by atoms with Gasteiger partial charge in [-0.3, -0.25) is 4.79 Å². The lowest BCUT2D eigenvalue weighted by Crippen LogP contribution is -2.54. The summed E-state index contributed by atoms with van der Waals surface area (Å²) >= 11 is 0. The summed E-state index contributed by atoms with van der Waals surface area (Å²) in [6, 6.07) is 15.1. The number of piperazine rings is 1. The molecule has 1 aromatic heterocycles. The molecule has 3 aromatic rings. The summed E-state index contributed by atoms with van der Waals surface area (Å²) in [5, 5.41) is 3.49. The Morgan fingerprint density at radius 2 is 1.70 bits per heavy atom. The van der Waals surface area contributed by atoms with Gasteiger partial charge in [-0.05, 0) is 75.7 Å². The second-order valence-electron chi connectivity index (χ2n) is 8.23. The minimum atomic E-state index is 0.454. The molecule has 3 N–H and O–H groups in total. The zero-order chi connectivity index (χ0) is 24.4. The maximum atomic E-state index is 11.0. The highest BCUT2D eigenvalue weighted by Gasteiger charge is 2.21. The van der Waals surface area contributed by atoms with Crippen molar-refractivity contribution < 1.29 is 13.9 Å². The van der Waals surface area contributed by atoms with Gasteiger partial charge in [-0.15, -0.1) is 0 Å². The molecule has 0 saturated carbocycles. The molecule has 1 aliphatic heterocycles. The average molecular weight is 452 g/mol. The smallest absolute Gasteiger partial charge is 0.153 e. The van der Waals surface area contributed by atoms with E-state index in [1.165, 1.54) is 23.7 Å². The zero-order valence-electron chi connectivity index (χ0n) is 20.6. The van der Waals surface area contributed by atoms with Gasteiger partial charge in [-0.1, -0.05) is 18.2 Å². The number of nitrogens with two attached hydrogens (primary N) is 1. The van der Waals surface area contributed by atoms with E-state index in [2.05, 4.69) is 61.8 Å². The van der Waals surface area contributed by atoms with Gasteiger partial charge in [0.1, 0.15) is 5.75 Å². The van der Waals surface area contributed by atoms with E-state index in [-0.39, 0.29) is 0 Å². The number of carbonyl (C=O) groups excluding carboxylic acids is 1. The van der Waals surface area contributed by atoms with Gasteiger partial charge in [0.2, 0.25) is 0 Å². The van der Waals surface area contributed by atoms with Crippen molar-refractivity contribution in [3.8, 4) is 16.9 Å². The minimum Gasteiger partial charge on any atom is -0.496 e. The maximum Gasteiger partial charge on any atom is 0.153 e. The van der Waals surface area contributed by atoms with Crippen LogP contribution in [0.3, 0.4) is 0 Å². The molecule has 6 nitrogen and oxygen atoms in total. The number of ether oxygens (including phenoxy) is 1. The first-order valence-corrected chi connectivity index (χ1v) is 11.2. The molecule has 2 atom stereocenters. The number of aryl methyl sites for hydroxylation is 2. The molecule has 1 saturated heterocycles. The molecule has 0 amide bonds. The van der Waals surface area contributed by atoms with Crippen molar-refractivity contribution in [1.82, 2.24) is 5.32 Å². The molecule has 2 heterocycles. The number of aldehydes is 1. The summed E-state index contributed by atoms with van der Waals surface area (Å²) in [6.45, 7) is 10.5. The van der Waals surface area contributed by atoms with Crippen LogP contribution in [-0.2, 0) is 0 Å². The number of rotatable bonds is 4. The first-order chi connectivity index (χ1) is 15.9. The quantitative estimate of drug-likeness (QED) is 0.553. The summed E-state index contributed by atoms with van der Waals surface area (Å²) in [6.07, 6.45) is 4.31. The second-order valence-corrected chi connectivity index (χ2v) is 8.23. The Kier molecular flexibility index (Phi) is 10.2. The first kappa shape index (κ1) is 26.2. The number of hydrogen-bond acceptors (Lipinski definition) is 6. The molecule has 2 unspecified atom stereocenters. The van der Waals surface area contributed by atoms with Crippen molar-refractivity contribution in [2.75, 3.05) is 32.1 Å². The average Bonchev–Trinajstić information content (AvgIpc) is 3.36. The minimum absolute atomic E-state index is 0.454. The predicted octanol–water partition coefficient (Wildman–Crippen LogP) is 4.83. The number of anilines is 1. The van der Waals surface area contributed by atoms with Gasteiger partial charge in [-0.2, -0.15) is 0 Å². The van der Waals surface area contributed by atoms with Gasteiger partial charge in [0, 0.05) is 36.4 Å². The van der Waals surface area contributed by atoms with E-state index in [4.69, 9.17) is 9.15 Å². The van der Waals surface area contributed by atoms with Crippen molar-refractivity contribution in [3.63, 3.8) is 0 Å². The van der Waals surface area contributed by atoms with Crippen molar-refractivity contribution in [3.05, 3.63) is 71.7 Å². The molecular formula is C27H37N3O3. The topological polar surface area (TPSA) is 80.7 Å². The van der Waals surface area contributed by atoms with Crippen LogP contribution in [0, 0.1) is 13.8 Å². The van der Waals surface area contributed by atoms with Gasteiger partial charge < -0.3 is 25.1 Å². The number of carbonyl (C=O) groups is 1. The highest BCUT2D eigenvalue weighted by atomic mass is 16.5. The van der Waals surface area contributed by atoms with Gasteiger partial charge in [0.25, 0.3) is 0 Å². The zero-order valence-corrected chi connectivity index (χ0v) is 20.6. The summed E-state index contributed by atoms with van der Waals surface area (Å²) in [5.74, 6) is 0.630. The largest absolute Gasteiger partial charge is 0.496 e. The van der Waals surface area contributed by atoms with Crippen LogP contribution >= 0.6 is 0 Å². The van der Waals surface area contributed by atoms with Crippen molar-refractivity contribution in [2.45, 2.75) is 39.8 Å². The number of furan rings is 1. The Hall–Kier alpha value is -3.09. The monoisotopic (exact) mass is 451 g/mol. The maximum absolute atomic E-state index is 11.0. The molecule has 0 bridgehead atoms. The van der Waals surface area contributed by atoms with Crippen LogP contribution in [0.4, 0.5) is 5.69 Å². The number of methoxy groups -OCH3 is 1. The molecule has 33 heavy (non-hydrogen) atoms. The summed E-state index contributed by atoms with van der Waals surface area (Å²) in [7, 11) is 3.08. The van der Waals surface area contributed by atoms with E-state index in [0.29, 0.717) is 23.4 Å². The van der Waals surface area contributed by atoms with E-state index < -0.39 is 0 Å². The van der Waals surface area contributed by atoms with Gasteiger partial charge in [0.05, 0.1) is 25.2 Å². The lowest BCUT2D eigenvalue weighted by Gasteiger charge is -2.37. The van der Waals surface area contributed by atoms with E-state index in [1.807, 2.05) is 24.3 Å². The fraction of sp³-hybridized carbons (Fsp3) is 0.370. The standard InChI is InChI=1S/C14H20N2O2.C12H12O.CH5N/c1-10-7-16(8-11(2)15-10)13-4-5-14(18-3)12(6-13)9-17;1-9-3-4-11(7-10(9)2)12-5-6-13-8-12;1-2/h4-6,9-11,15H,7-8H2,1-3H3;3-8H,1-2H3;2H2,1H3. The van der Waals surface area contributed by atoms with Crippen LogP contribution in [0.1, 0.15) is 35.3 Å². The number of nitrogens with zero attached hydrogens (tertiary/aromatic N) is 1. The number of hydrogen-bond donors (Lipinski definition) is 2. The molecule has 0 aliphatic carbocycles. The predicted molar refractivity (Wildman–Crippen MR) is 136 cm³/mol. The van der Waals surface area contributed by atoms with Crippen LogP contribution in [0.5, 0.6) is 5.75 Å². The molecular weight excluding hydrogens is 414 g/mol. The van der Waals surface area contributed by atoms with Crippen LogP contribution in [0.25, 0.3) is 11.1 Å². The Bertz CT molecular complexity index is 992. The molecule has 6 heteroatoms. The van der Waals surface area contributed by atoms with E-state index in [0.717, 1.165) is 30.6 Å². The van der Waals surface area contributed by atoms with Crippen molar-refractivity contribution >= 4 is 12.0 Å². The van der Waals surface area contributed by atoms with Gasteiger partial charge in [-0.25, -0.2) is 0 Å². The second kappa shape index (κ2) is 12.8. The first-order valence-electron chi connectivity index (χ1n) is 11.2. The molecule has 1 fully saturated rings. The third-order valence-corrected chi connectivity index (χ3v) is 5.62. The molecule has 0 radical (unpaired) electrons. The van der Waals surface area contributed by atoms with Crippen LogP contribution < -0.4 is 20.7 Å². The SMILES string of the molecule is CN.COc1ccc(N2CC(C)NC(C)C2)cc1C=O.Cc1ccc(-c2ccoc2)cc1C. The summed E-state index contributed by atoms with van der Waals surface area (Å²) in [4.78, 5) is 13.3. The van der Waals surface area contributed by atoms with E-state index in [1.54, 1.807) is 19.6 Å². The Labute approximate surface area is 197 Å². The lowest BCUT2D eigenvalue weighted by molar-refractivity contribution is 0.112. The van der Waals surface area contributed by atoms with Crippen LogP contribution in [0.2, 0.25) is 0 Å². The lowest BCUT2D eigenvalue weighted by atomic mass is 10.0. The normalized spacial score (nSPS) is 17.2. The fourth-order valence-corrected chi connectivity index (χ4v) is 3.90. The molecule has 0 spiro atoms. The van der Waals surface area contributed by atoms with Crippen LogP contribution in [-0.4, -0.2) is 45.6 Å². The molecule has 178 valence electrons. The third kappa shape index (κ3) is 7.20. The summed E-state index contributed by atoms with van der Waals surface area (Å²) in [5.41, 5.74) is 11.2. The molecule has 4 rings (SSSR count). The highest BCUT2D eigenvalue weighted by molar-refractivity contribution is 5.81. The third-order valence-electron chi connectivity index (χ3n) is 5.62. The Morgan fingerprint density at radius 3 is 2.24 bits per heavy atom. The van der Waals surface area contributed by atoms with E-state index >= 15 is 0 Å². The Balaban J connectivity index is 0.000000227. The highest BCUT2D eigenvalue weighted by Crippen LogP contribution is 2.25. The molecule has 2 aromatic carbocycles. The number of benzene rings is 2. The van der Waals surface area contributed by atoms with Gasteiger partial charge >= 0.3 is 0 Å². The van der Waals surface area contributed by atoms with Crippen molar-refractivity contribution in [1.29, 1.82) is 0 Å². The van der Waals surface area contributed by atoms with Gasteiger partial charge in [0.15, 0.2) is 6.29 Å². The van der Waals surface area contributed by atoms with Crippen LogP contribution in [0.15, 0.2) is 59.4 Å².